The molecule has 1 aliphatic rings. The zero-order valence-corrected chi connectivity index (χ0v) is 13.2. The molecule has 0 aromatic heterocycles. The van der Waals surface area contributed by atoms with E-state index in [0.29, 0.717) is 18.7 Å². The zero-order valence-electron chi connectivity index (χ0n) is 12.4. The van der Waals surface area contributed by atoms with Crippen LogP contribution in [0.5, 0.6) is 0 Å². The Morgan fingerprint density at radius 2 is 2.19 bits per heavy atom. The summed E-state index contributed by atoms with van der Waals surface area (Å²) in [6.45, 7) is 4.58. The topological polar surface area (TPSA) is 87.2 Å². The first-order valence-electron chi connectivity index (χ1n) is 7.13. The molecule has 1 heterocycles. The van der Waals surface area contributed by atoms with Gasteiger partial charge in [-0.2, -0.15) is 9.57 Å². The molecule has 0 aliphatic carbocycles. The molecule has 2 N–H and O–H groups in total. The van der Waals surface area contributed by atoms with Crippen molar-refractivity contribution in [1.82, 2.24) is 4.31 Å². The Balaban J connectivity index is 2.39. The largest absolute Gasteiger partial charge is 0.328 e. The van der Waals surface area contributed by atoms with Crippen LogP contribution in [0.15, 0.2) is 23.1 Å². The van der Waals surface area contributed by atoms with E-state index in [-0.39, 0.29) is 22.4 Å². The molecule has 6 heteroatoms. The predicted octanol–water partition coefficient (Wildman–Crippen LogP) is 1.61. The number of piperidine rings is 1. The molecule has 2 atom stereocenters. The molecule has 5 nitrogen and oxygen atoms in total. The lowest BCUT2D eigenvalue weighted by atomic mass is 9.93. The number of sulfonamides is 1. The van der Waals surface area contributed by atoms with Crippen LogP contribution in [0.4, 0.5) is 0 Å². The SMILES string of the molecule is Cc1cccc(S(=O)(=O)N2CCC[C@@H]([C@H](C)N)C2)c1C#N. The van der Waals surface area contributed by atoms with Gasteiger partial charge in [0.2, 0.25) is 10.0 Å². The van der Waals surface area contributed by atoms with Gasteiger partial charge in [0.05, 0.1) is 5.56 Å². The minimum absolute atomic E-state index is 0.0315. The van der Waals surface area contributed by atoms with Crippen molar-refractivity contribution in [3.63, 3.8) is 0 Å². The van der Waals surface area contributed by atoms with Gasteiger partial charge in [0.1, 0.15) is 11.0 Å². The zero-order chi connectivity index (χ0) is 15.6. The average Bonchev–Trinajstić information content (AvgIpc) is 2.47. The first-order valence-corrected chi connectivity index (χ1v) is 8.57. The molecule has 1 aromatic rings. The second kappa shape index (κ2) is 6.14. The summed E-state index contributed by atoms with van der Waals surface area (Å²) >= 11 is 0. The maximum absolute atomic E-state index is 12.8. The first kappa shape index (κ1) is 16.0. The monoisotopic (exact) mass is 307 g/mol. The quantitative estimate of drug-likeness (QED) is 0.919. The highest BCUT2D eigenvalue weighted by Gasteiger charge is 2.33. The molecule has 0 amide bonds. The third-order valence-electron chi connectivity index (χ3n) is 4.13. The van der Waals surface area contributed by atoms with Crippen LogP contribution in [0, 0.1) is 24.2 Å². The lowest BCUT2D eigenvalue weighted by Crippen LogP contribution is -2.45. The van der Waals surface area contributed by atoms with Gasteiger partial charge in [0.25, 0.3) is 0 Å². The molecule has 21 heavy (non-hydrogen) atoms. The Morgan fingerprint density at radius 3 is 2.81 bits per heavy atom. The molecule has 1 aromatic carbocycles. The summed E-state index contributed by atoms with van der Waals surface area (Å²) in [5, 5.41) is 9.25. The standard InChI is InChI=1S/C15H21N3O2S/c1-11-5-3-7-15(14(11)9-16)21(19,20)18-8-4-6-13(10-18)12(2)17/h3,5,7,12-13H,4,6,8,10,17H2,1-2H3/t12-,13+/m0/s1. The number of benzene rings is 1. The minimum Gasteiger partial charge on any atom is -0.328 e. The van der Waals surface area contributed by atoms with Crippen molar-refractivity contribution in [3.8, 4) is 6.07 Å². The summed E-state index contributed by atoms with van der Waals surface area (Å²) in [5.74, 6) is 0.170. The number of rotatable bonds is 3. The van der Waals surface area contributed by atoms with Crippen molar-refractivity contribution in [3.05, 3.63) is 29.3 Å². The van der Waals surface area contributed by atoms with Gasteiger partial charge in [-0.3, -0.25) is 0 Å². The highest BCUT2D eigenvalue weighted by molar-refractivity contribution is 7.89. The molecule has 0 radical (unpaired) electrons. The van der Waals surface area contributed by atoms with E-state index in [1.54, 1.807) is 19.1 Å². The fourth-order valence-electron chi connectivity index (χ4n) is 2.76. The fourth-order valence-corrected chi connectivity index (χ4v) is 4.51. The van der Waals surface area contributed by atoms with Gasteiger partial charge in [0.15, 0.2) is 0 Å². The maximum atomic E-state index is 12.8. The van der Waals surface area contributed by atoms with Crippen molar-refractivity contribution in [1.29, 1.82) is 5.26 Å². The van der Waals surface area contributed by atoms with Gasteiger partial charge < -0.3 is 5.73 Å². The molecular weight excluding hydrogens is 286 g/mol. The van der Waals surface area contributed by atoms with E-state index in [1.165, 1.54) is 10.4 Å². The number of nitriles is 1. The van der Waals surface area contributed by atoms with E-state index in [1.807, 2.05) is 13.0 Å². The van der Waals surface area contributed by atoms with Crippen molar-refractivity contribution in [2.45, 2.75) is 37.6 Å². The van der Waals surface area contributed by atoms with E-state index in [2.05, 4.69) is 0 Å². The molecule has 1 saturated heterocycles. The fraction of sp³-hybridized carbons (Fsp3) is 0.533. The number of aryl methyl sites for hydroxylation is 1. The number of hydrogen-bond acceptors (Lipinski definition) is 4. The summed E-state index contributed by atoms with van der Waals surface area (Å²) in [5.41, 5.74) is 6.83. The summed E-state index contributed by atoms with van der Waals surface area (Å²) in [6, 6.07) is 6.92. The molecule has 0 unspecified atom stereocenters. The summed E-state index contributed by atoms with van der Waals surface area (Å²) in [7, 11) is -3.64. The van der Waals surface area contributed by atoms with Crippen LogP contribution < -0.4 is 5.73 Å². The molecular formula is C15H21N3O2S. The van der Waals surface area contributed by atoms with Crippen molar-refractivity contribution < 1.29 is 8.42 Å². The van der Waals surface area contributed by atoms with Crippen LogP contribution in [0.2, 0.25) is 0 Å². The molecule has 1 fully saturated rings. The molecule has 0 spiro atoms. The van der Waals surface area contributed by atoms with Crippen LogP contribution in [-0.2, 0) is 10.0 Å². The van der Waals surface area contributed by atoms with Crippen LogP contribution >= 0.6 is 0 Å². The minimum atomic E-state index is -3.64. The lowest BCUT2D eigenvalue weighted by Gasteiger charge is -2.34. The lowest BCUT2D eigenvalue weighted by molar-refractivity contribution is 0.243. The van der Waals surface area contributed by atoms with Gasteiger partial charge in [-0.05, 0) is 44.2 Å². The van der Waals surface area contributed by atoms with Crippen LogP contribution in [0.1, 0.15) is 30.9 Å². The molecule has 1 aliphatic heterocycles. The van der Waals surface area contributed by atoms with Gasteiger partial charge >= 0.3 is 0 Å². The molecule has 114 valence electrons. The Morgan fingerprint density at radius 1 is 1.48 bits per heavy atom. The highest BCUT2D eigenvalue weighted by Crippen LogP contribution is 2.27. The number of hydrogen-bond donors (Lipinski definition) is 1. The van der Waals surface area contributed by atoms with E-state index in [4.69, 9.17) is 5.73 Å². The third-order valence-corrected chi connectivity index (χ3v) is 6.04. The second-order valence-electron chi connectivity index (χ2n) is 5.68. The van der Waals surface area contributed by atoms with Gasteiger partial charge in [-0.1, -0.05) is 12.1 Å². The van der Waals surface area contributed by atoms with Crippen LogP contribution in [-0.4, -0.2) is 31.9 Å². The molecule has 2 rings (SSSR count). The highest BCUT2D eigenvalue weighted by atomic mass is 32.2. The van der Waals surface area contributed by atoms with Crippen molar-refractivity contribution in [2.24, 2.45) is 11.7 Å². The predicted molar refractivity (Wildman–Crippen MR) is 81.0 cm³/mol. The Kier molecular flexibility index (Phi) is 4.67. The smallest absolute Gasteiger partial charge is 0.244 e. The summed E-state index contributed by atoms with van der Waals surface area (Å²) in [6.07, 6.45) is 1.75. The van der Waals surface area contributed by atoms with Crippen LogP contribution in [0.3, 0.4) is 0 Å². The Labute approximate surface area is 126 Å². The average molecular weight is 307 g/mol. The first-order chi connectivity index (χ1) is 9.87. The second-order valence-corrected chi connectivity index (χ2v) is 7.59. The summed E-state index contributed by atoms with van der Waals surface area (Å²) in [4.78, 5) is 0.107. The third kappa shape index (κ3) is 3.10. The Bertz CT molecular complexity index is 662. The van der Waals surface area contributed by atoms with E-state index in [9.17, 15) is 13.7 Å². The van der Waals surface area contributed by atoms with Gasteiger partial charge in [0, 0.05) is 19.1 Å². The van der Waals surface area contributed by atoms with Crippen molar-refractivity contribution in [2.75, 3.05) is 13.1 Å². The molecule has 0 saturated carbocycles. The maximum Gasteiger partial charge on any atom is 0.244 e. The molecule has 0 bridgehead atoms. The van der Waals surface area contributed by atoms with Crippen LogP contribution in [0.25, 0.3) is 0 Å². The van der Waals surface area contributed by atoms with E-state index >= 15 is 0 Å². The van der Waals surface area contributed by atoms with Gasteiger partial charge in [-0.25, -0.2) is 8.42 Å². The van der Waals surface area contributed by atoms with Gasteiger partial charge in [-0.15, -0.1) is 0 Å². The normalized spacial score (nSPS) is 21.7. The number of nitrogens with zero attached hydrogens (tertiary/aromatic N) is 2. The number of nitrogens with two attached hydrogens (primary N) is 1. The Hall–Kier alpha value is -1.42. The summed E-state index contributed by atoms with van der Waals surface area (Å²) < 4.78 is 27.1. The van der Waals surface area contributed by atoms with E-state index < -0.39 is 10.0 Å². The van der Waals surface area contributed by atoms with E-state index in [0.717, 1.165) is 12.8 Å². The van der Waals surface area contributed by atoms with Crippen molar-refractivity contribution >= 4 is 10.0 Å².